The number of aromatic amines is 1. The van der Waals surface area contributed by atoms with Crippen molar-refractivity contribution in [1.29, 1.82) is 0 Å². The summed E-state index contributed by atoms with van der Waals surface area (Å²) in [5, 5.41) is 0. The van der Waals surface area contributed by atoms with Gasteiger partial charge in [-0.3, -0.25) is 14.6 Å². The van der Waals surface area contributed by atoms with Gasteiger partial charge < -0.3 is 4.98 Å². The van der Waals surface area contributed by atoms with Crippen LogP contribution in [-0.4, -0.2) is 15.8 Å². The van der Waals surface area contributed by atoms with Crippen LogP contribution < -0.4 is 5.56 Å². The molecule has 17 heavy (non-hydrogen) atoms. The number of Topliss-reactive ketones (excluding diaryl/α,β-unsaturated/α-hetero) is 1. The zero-order valence-electron chi connectivity index (χ0n) is 9.43. The van der Waals surface area contributed by atoms with Gasteiger partial charge in [-0.05, 0) is 30.7 Å². The van der Waals surface area contributed by atoms with Gasteiger partial charge in [-0.1, -0.05) is 0 Å². The molecule has 2 rings (SSSR count). The third-order valence-electron chi connectivity index (χ3n) is 2.48. The summed E-state index contributed by atoms with van der Waals surface area (Å²) < 4.78 is 0. The van der Waals surface area contributed by atoms with Gasteiger partial charge in [0.1, 0.15) is 0 Å². The van der Waals surface area contributed by atoms with E-state index in [1.807, 2.05) is 6.92 Å². The quantitative estimate of drug-likeness (QED) is 0.810. The van der Waals surface area contributed by atoms with Crippen LogP contribution >= 0.6 is 0 Å². The summed E-state index contributed by atoms with van der Waals surface area (Å²) in [6, 6.07) is 5.02. The number of pyridine rings is 2. The van der Waals surface area contributed by atoms with Crippen molar-refractivity contribution in [3.63, 3.8) is 0 Å². The van der Waals surface area contributed by atoms with E-state index >= 15 is 0 Å². The Hall–Kier alpha value is -2.23. The molecule has 0 unspecified atom stereocenters. The number of carbonyl (C=O) groups excluding carboxylic acids is 1. The number of nitrogens with zero attached hydrogens (tertiary/aromatic N) is 1. The van der Waals surface area contributed by atoms with Crippen molar-refractivity contribution in [1.82, 2.24) is 9.97 Å². The molecule has 0 atom stereocenters. The van der Waals surface area contributed by atoms with Gasteiger partial charge >= 0.3 is 0 Å². The molecule has 0 saturated heterocycles. The van der Waals surface area contributed by atoms with Crippen molar-refractivity contribution >= 4 is 5.78 Å². The average molecular weight is 228 g/mol. The minimum Gasteiger partial charge on any atom is -0.329 e. The molecular weight excluding hydrogens is 216 g/mol. The van der Waals surface area contributed by atoms with E-state index in [0.29, 0.717) is 11.1 Å². The minimum absolute atomic E-state index is 0.0801. The minimum atomic E-state index is -0.210. The molecule has 4 nitrogen and oxygen atoms in total. The van der Waals surface area contributed by atoms with Crippen LogP contribution in [0.1, 0.15) is 21.5 Å². The third kappa shape index (κ3) is 2.66. The lowest BCUT2D eigenvalue weighted by molar-refractivity contribution is 0.0992. The Morgan fingerprint density at radius 3 is 2.76 bits per heavy atom. The van der Waals surface area contributed by atoms with E-state index in [1.165, 1.54) is 0 Å². The number of hydrogen-bond acceptors (Lipinski definition) is 3. The first-order chi connectivity index (χ1) is 8.16. The van der Waals surface area contributed by atoms with Crippen LogP contribution in [0.15, 0.2) is 41.6 Å². The highest BCUT2D eigenvalue weighted by Gasteiger charge is 2.09. The van der Waals surface area contributed by atoms with E-state index < -0.39 is 0 Å². The first-order valence-electron chi connectivity index (χ1n) is 5.28. The molecule has 4 heteroatoms. The van der Waals surface area contributed by atoms with Crippen LogP contribution in [0.3, 0.4) is 0 Å². The molecule has 2 heterocycles. The van der Waals surface area contributed by atoms with Crippen LogP contribution in [0, 0.1) is 6.92 Å². The first-order valence-corrected chi connectivity index (χ1v) is 5.28. The van der Waals surface area contributed by atoms with E-state index in [0.717, 1.165) is 5.56 Å². The molecule has 0 aliphatic heterocycles. The number of H-pyrrole nitrogens is 1. The van der Waals surface area contributed by atoms with Crippen LogP contribution in [-0.2, 0) is 6.42 Å². The molecule has 0 fully saturated rings. The van der Waals surface area contributed by atoms with Crippen molar-refractivity contribution in [2.24, 2.45) is 0 Å². The van der Waals surface area contributed by atoms with Crippen LogP contribution in [0.2, 0.25) is 0 Å². The standard InChI is InChI=1S/C13H12N2O2/c1-9-6-11(13(17)15-8-9)7-12(16)10-2-4-14-5-3-10/h2-6,8H,7H2,1H3,(H,15,17). The summed E-state index contributed by atoms with van der Waals surface area (Å²) in [4.78, 5) is 29.9. The third-order valence-corrected chi connectivity index (χ3v) is 2.48. The van der Waals surface area contributed by atoms with Crippen LogP contribution in [0.4, 0.5) is 0 Å². The number of aromatic nitrogens is 2. The number of rotatable bonds is 3. The van der Waals surface area contributed by atoms with Crippen molar-refractivity contribution in [2.45, 2.75) is 13.3 Å². The van der Waals surface area contributed by atoms with E-state index in [-0.39, 0.29) is 17.8 Å². The number of ketones is 1. The summed E-state index contributed by atoms with van der Waals surface area (Å²) in [6.07, 6.45) is 4.87. The van der Waals surface area contributed by atoms with Gasteiger partial charge in [-0.25, -0.2) is 0 Å². The van der Waals surface area contributed by atoms with Gasteiger partial charge in [0.25, 0.3) is 5.56 Å². The predicted molar refractivity (Wildman–Crippen MR) is 64.1 cm³/mol. The summed E-state index contributed by atoms with van der Waals surface area (Å²) in [5.41, 5.74) is 1.79. The highest BCUT2D eigenvalue weighted by Crippen LogP contribution is 2.04. The monoisotopic (exact) mass is 228 g/mol. The maximum absolute atomic E-state index is 11.9. The summed E-state index contributed by atoms with van der Waals surface area (Å²) >= 11 is 0. The zero-order valence-corrected chi connectivity index (χ0v) is 9.43. The number of nitrogens with one attached hydrogen (secondary N) is 1. The Balaban J connectivity index is 2.25. The lowest BCUT2D eigenvalue weighted by atomic mass is 10.0. The molecular formula is C13H12N2O2. The summed E-state index contributed by atoms with van der Waals surface area (Å²) in [7, 11) is 0. The second kappa shape index (κ2) is 4.74. The second-order valence-corrected chi connectivity index (χ2v) is 3.87. The van der Waals surface area contributed by atoms with Crippen LogP contribution in [0.5, 0.6) is 0 Å². The highest BCUT2D eigenvalue weighted by molar-refractivity contribution is 5.97. The Morgan fingerprint density at radius 1 is 1.35 bits per heavy atom. The highest BCUT2D eigenvalue weighted by atomic mass is 16.1. The lowest BCUT2D eigenvalue weighted by Gasteiger charge is -2.01. The van der Waals surface area contributed by atoms with Crippen molar-refractivity contribution in [3.8, 4) is 0 Å². The van der Waals surface area contributed by atoms with Gasteiger partial charge in [0.05, 0.1) is 0 Å². The number of aryl methyl sites for hydroxylation is 1. The smallest absolute Gasteiger partial charge is 0.251 e. The van der Waals surface area contributed by atoms with Crippen molar-refractivity contribution < 1.29 is 4.79 Å². The largest absolute Gasteiger partial charge is 0.329 e. The van der Waals surface area contributed by atoms with E-state index in [4.69, 9.17) is 0 Å². The molecule has 0 aliphatic rings. The number of hydrogen-bond donors (Lipinski definition) is 1. The molecule has 0 bridgehead atoms. The molecule has 0 radical (unpaired) electrons. The SMILES string of the molecule is Cc1c[nH]c(=O)c(CC(=O)c2ccncc2)c1. The maximum Gasteiger partial charge on any atom is 0.251 e. The van der Waals surface area contributed by atoms with Gasteiger partial charge in [0, 0.05) is 36.1 Å². The Kier molecular flexibility index (Phi) is 3.14. The van der Waals surface area contributed by atoms with Gasteiger partial charge in [0.2, 0.25) is 0 Å². The molecule has 86 valence electrons. The first kappa shape index (κ1) is 11.3. The molecule has 0 aliphatic carbocycles. The predicted octanol–water partition coefficient (Wildman–Crippen LogP) is 1.50. The topological polar surface area (TPSA) is 62.8 Å². The average Bonchev–Trinajstić information content (AvgIpc) is 2.35. The molecule has 0 saturated carbocycles. The second-order valence-electron chi connectivity index (χ2n) is 3.87. The van der Waals surface area contributed by atoms with Gasteiger partial charge in [-0.2, -0.15) is 0 Å². The van der Waals surface area contributed by atoms with Crippen LogP contribution in [0.25, 0.3) is 0 Å². The molecule has 2 aromatic heterocycles. The molecule has 2 aromatic rings. The Labute approximate surface area is 98.3 Å². The molecule has 0 aromatic carbocycles. The number of carbonyl (C=O) groups is 1. The fourth-order valence-electron chi connectivity index (χ4n) is 1.60. The molecule has 1 N–H and O–H groups in total. The molecule has 0 spiro atoms. The fraction of sp³-hybridized carbons (Fsp3) is 0.154. The Morgan fingerprint density at radius 2 is 2.06 bits per heavy atom. The van der Waals surface area contributed by atoms with E-state index in [9.17, 15) is 9.59 Å². The summed E-state index contributed by atoms with van der Waals surface area (Å²) in [6.45, 7) is 1.87. The summed E-state index contributed by atoms with van der Waals surface area (Å²) in [5.74, 6) is -0.0801. The lowest BCUT2D eigenvalue weighted by Crippen LogP contribution is -2.16. The Bertz CT molecular complexity index is 588. The van der Waals surface area contributed by atoms with Crippen molar-refractivity contribution in [2.75, 3.05) is 0 Å². The van der Waals surface area contributed by atoms with E-state index in [2.05, 4.69) is 9.97 Å². The fourth-order valence-corrected chi connectivity index (χ4v) is 1.60. The normalized spacial score (nSPS) is 10.2. The van der Waals surface area contributed by atoms with Gasteiger partial charge in [-0.15, -0.1) is 0 Å². The molecule has 0 amide bonds. The van der Waals surface area contributed by atoms with Gasteiger partial charge in [0.15, 0.2) is 5.78 Å². The van der Waals surface area contributed by atoms with Crippen molar-refractivity contribution in [3.05, 3.63) is 63.8 Å². The van der Waals surface area contributed by atoms with E-state index in [1.54, 1.807) is 36.8 Å². The zero-order chi connectivity index (χ0) is 12.3. The maximum atomic E-state index is 11.9.